The molecule has 28 heavy (non-hydrogen) atoms. The van der Waals surface area contributed by atoms with Crippen LogP contribution in [-0.4, -0.2) is 42.2 Å². The molecule has 3 rings (SSSR count). The molecule has 144 valence electrons. The van der Waals surface area contributed by atoms with Crippen molar-refractivity contribution in [1.82, 2.24) is 10.3 Å². The minimum absolute atomic E-state index is 0.0828. The van der Waals surface area contributed by atoms with E-state index in [-0.39, 0.29) is 11.3 Å². The lowest BCUT2D eigenvalue weighted by Gasteiger charge is -2.08. The molecule has 0 radical (unpaired) electrons. The number of para-hydroxylation sites is 3. The van der Waals surface area contributed by atoms with E-state index in [1.165, 1.54) is 13.2 Å². The molecule has 1 heterocycles. The van der Waals surface area contributed by atoms with Crippen molar-refractivity contribution in [2.45, 2.75) is 5.22 Å². The summed E-state index contributed by atoms with van der Waals surface area (Å²) in [7, 11) is 1.42. The van der Waals surface area contributed by atoms with Crippen molar-refractivity contribution in [2.24, 2.45) is 0 Å². The van der Waals surface area contributed by atoms with Gasteiger partial charge in [0, 0.05) is 0 Å². The quantitative estimate of drug-likeness (QED) is 0.476. The Morgan fingerprint density at radius 2 is 1.86 bits per heavy atom. The number of hydrogen-bond acceptors (Lipinski definition) is 8. The number of rotatable bonds is 7. The van der Waals surface area contributed by atoms with Gasteiger partial charge >= 0.3 is 5.97 Å². The zero-order valence-electron chi connectivity index (χ0n) is 14.8. The molecule has 0 spiro atoms. The molecule has 0 bridgehead atoms. The maximum atomic E-state index is 12.1. The summed E-state index contributed by atoms with van der Waals surface area (Å²) in [5.74, 6) is -1.76. The van der Waals surface area contributed by atoms with Gasteiger partial charge in [0.2, 0.25) is 0 Å². The average Bonchev–Trinajstić information content (AvgIpc) is 3.13. The predicted octanol–water partition coefficient (Wildman–Crippen LogP) is 2.43. The van der Waals surface area contributed by atoms with Crippen LogP contribution in [0.4, 0.5) is 0 Å². The Morgan fingerprint density at radius 1 is 1.11 bits per heavy atom. The number of fused-ring (bicyclic) bond motifs is 1. The summed E-state index contributed by atoms with van der Waals surface area (Å²) in [4.78, 5) is 39.9. The molecule has 1 N–H and O–H groups in total. The Balaban J connectivity index is 1.44. The molecule has 0 saturated carbocycles. The van der Waals surface area contributed by atoms with Crippen LogP contribution in [0.15, 0.2) is 58.2 Å². The second-order valence-electron chi connectivity index (χ2n) is 5.47. The first kappa shape index (κ1) is 19.4. The number of methoxy groups -OCH3 is 1. The number of carbonyl (C=O) groups excluding carboxylic acids is 3. The van der Waals surface area contributed by atoms with Crippen molar-refractivity contribution in [1.29, 1.82) is 0 Å². The Labute approximate surface area is 164 Å². The minimum Gasteiger partial charge on any atom is -0.496 e. The van der Waals surface area contributed by atoms with Crippen molar-refractivity contribution in [3.8, 4) is 5.75 Å². The lowest BCUT2D eigenvalue weighted by Crippen LogP contribution is -2.34. The van der Waals surface area contributed by atoms with E-state index in [4.69, 9.17) is 13.9 Å². The van der Waals surface area contributed by atoms with E-state index in [0.717, 1.165) is 11.8 Å². The first-order valence-corrected chi connectivity index (χ1v) is 9.16. The lowest BCUT2D eigenvalue weighted by atomic mass is 10.2. The summed E-state index contributed by atoms with van der Waals surface area (Å²) in [6, 6.07) is 13.7. The van der Waals surface area contributed by atoms with E-state index in [1.54, 1.807) is 30.3 Å². The van der Waals surface area contributed by atoms with Gasteiger partial charge in [-0.25, -0.2) is 4.98 Å². The van der Waals surface area contributed by atoms with Gasteiger partial charge in [0.25, 0.3) is 17.0 Å². The van der Waals surface area contributed by atoms with Crippen LogP contribution in [0, 0.1) is 0 Å². The van der Waals surface area contributed by atoms with E-state index in [9.17, 15) is 14.4 Å². The zero-order valence-corrected chi connectivity index (χ0v) is 15.7. The number of thioether (sulfide) groups is 1. The smallest absolute Gasteiger partial charge is 0.316 e. The normalized spacial score (nSPS) is 10.5. The number of oxazole rings is 1. The summed E-state index contributed by atoms with van der Waals surface area (Å²) in [5, 5.41) is 2.47. The van der Waals surface area contributed by atoms with Crippen LogP contribution >= 0.6 is 11.8 Å². The van der Waals surface area contributed by atoms with E-state index in [1.807, 2.05) is 12.1 Å². The Morgan fingerprint density at radius 3 is 2.64 bits per heavy atom. The van der Waals surface area contributed by atoms with Crippen LogP contribution in [0.3, 0.4) is 0 Å². The molecule has 3 aromatic rings. The van der Waals surface area contributed by atoms with Gasteiger partial charge in [-0.05, 0) is 24.3 Å². The Kier molecular flexibility index (Phi) is 6.28. The van der Waals surface area contributed by atoms with Gasteiger partial charge in [-0.15, -0.1) is 0 Å². The van der Waals surface area contributed by atoms with E-state index in [2.05, 4.69) is 10.3 Å². The molecule has 0 saturated heterocycles. The molecule has 2 aromatic carbocycles. The number of nitrogens with one attached hydrogen (secondary N) is 1. The monoisotopic (exact) mass is 400 g/mol. The summed E-state index contributed by atoms with van der Waals surface area (Å²) < 4.78 is 15.4. The largest absolute Gasteiger partial charge is 0.496 e. The van der Waals surface area contributed by atoms with Crippen LogP contribution in [0.2, 0.25) is 0 Å². The van der Waals surface area contributed by atoms with Gasteiger partial charge < -0.3 is 13.9 Å². The molecule has 0 aliphatic rings. The SMILES string of the molecule is COc1ccccc1C(=O)NC(=O)COC(=O)CSc1nc2ccccc2o1. The topological polar surface area (TPSA) is 108 Å². The van der Waals surface area contributed by atoms with Crippen LogP contribution < -0.4 is 10.1 Å². The number of benzene rings is 2. The molecule has 9 heteroatoms. The number of imide groups is 1. The highest BCUT2D eigenvalue weighted by atomic mass is 32.2. The maximum Gasteiger partial charge on any atom is 0.316 e. The second kappa shape index (κ2) is 9.05. The highest BCUT2D eigenvalue weighted by Crippen LogP contribution is 2.23. The fourth-order valence-corrected chi connectivity index (χ4v) is 2.92. The highest BCUT2D eigenvalue weighted by molar-refractivity contribution is 7.99. The Bertz CT molecular complexity index is 983. The van der Waals surface area contributed by atoms with Gasteiger partial charge in [0.1, 0.15) is 17.0 Å². The van der Waals surface area contributed by atoms with Crippen LogP contribution in [0.1, 0.15) is 10.4 Å². The van der Waals surface area contributed by atoms with Gasteiger partial charge in [-0.1, -0.05) is 36.0 Å². The molecular formula is C19H16N2O6S. The first-order chi connectivity index (χ1) is 13.6. The zero-order chi connectivity index (χ0) is 19.9. The number of hydrogen-bond donors (Lipinski definition) is 1. The molecule has 0 fully saturated rings. The molecule has 0 aliphatic carbocycles. The standard InChI is InChI=1S/C19H16N2O6S/c1-25-14-8-4-2-6-12(14)18(24)21-16(22)10-26-17(23)11-28-19-20-13-7-3-5-9-15(13)27-19/h2-9H,10-11H2,1H3,(H,21,22,24). The number of aromatic nitrogens is 1. The summed E-state index contributed by atoms with van der Waals surface area (Å²) >= 11 is 1.05. The molecule has 1 aromatic heterocycles. The molecule has 0 atom stereocenters. The number of amides is 2. The third-order valence-corrected chi connectivity index (χ3v) is 4.36. The molecule has 2 amide bonds. The van der Waals surface area contributed by atoms with Crippen LogP contribution in [0.25, 0.3) is 11.1 Å². The van der Waals surface area contributed by atoms with Crippen molar-refractivity contribution in [2.75, 3.05) is 19.5 Å². The van der Waals surface area contributed by atoms with E-state index in [0.29, 0.717) is 22.1 Å². The Hall–Kier alpha value is -3.33. The molecular weight excluding hydrogens is 384 g/mol. The van der Waals surface area contributed by atoms with Gasteiger partial charge in [-0.3, -0.25) is 19.7 Å². The number of esters is 1. The second-order valence-corrected chi connectivity index (χ2v) is 6.40. The molecule has 0 aliphatic heterocycles. The van der Waals surface area contributed by atoms with Gasteiger partial charge in [0.15, 0.2) is 12.2 Å². The summed E-state index contributed by atoms with van der Waals surface area (Å²) in [6.45, 7) is -0.576. The van der Waals surface area contributed by atoms with Crippen molar-refractivity contribution >= 4 is 40.6 Å². The van der Waals surface area contributed by atoms with Gasteiger partial charge in [0.05, 0.1) is 12.7 Å². The predicted molar refractivity (Wildman–Crippen MR) is 101 cm³/mol. The minimum atomic E-state index is -0.740. The summed E-state index contributed by atoms with van der Waals surface area (Å²) in [6.07, 6.45) is 0. The lowest BCUT2D eigenvalue weighted by molar-refractivity contribution is -0.145. The van der Waals surface area contributed by atoms with Crippen molar-refractivity contribution < 1.29 is 28.3 Å². The van der Waals surface area contributed by atoms with Crippen LogP contribution in [0.5, 0.6) is 5.75 Å². The fourth-order valence-electron chi connectivity index (χ4n) is 2.28. The number of carbonyl (C=O) groups is 3. The summed E-state index contributed by atoms with van der Waals surface area (Å²) in [5.41, 5.74) is 1.51. The van der Waals surface area contributed by atoms with Crippen LogP contribution in [-0.2, 0) is 14.3 Å². The third kappa shape index (κ3) is 4.89. The molecule has 8 nitrogen and oxygen atoms in total. The van der Waals surface area contributed by atoms with E-state index < -0.39 is 24.4 Å². The van der Waals surface area contributed by atoms with Crippen molar-refractivity contribution in [3.05, 3.63) is 54.1 Å². The highest BCUT2D eigenvalue weighted by Gasteiger charge is 2.16. The average molecular weight is 400 g/mol. The number of nitrogens with zero attached hydrogens (tertiary/aromatic N) is 1. The third-order valence-electron chi connectivity index (χ3n) is 3.56. The number of ether oxygens (including phenoxy) is 2. The maximum absolute atomic E-state index is 12.1. The van der Waals surface area contributed by atoms with Crippen molar-refractivity contribution in [3.63, 3.8) is 0 Å². The van der Waals surface area contributed by atoms with E-state index >= 15 is 0 Å². The first-order valence-electron chi connectivity index (χ1n) is 8.18. The molecule has 0 unspecified atom stereocenters. The fraction of sp³-hybridized carbons (Fsp3) is 0.158. The van der Waals surface area contributed by atoms with Gasteiger partial charge in [-0.2, -0.15) is 0 Å².